The quantitative estimate of drug-likeness (QED) is 0.663. The van der Waals surface area contributed by atoms with Crippen LogP contribution in [0, 0.1) is 0 Å². The van der Waals surface area contributed by atoms with Crippen molar-refractivity contribution in [3.63, 3.8) is 0 Å². The van der Waals surface area contributed by atoms with E-state index in [0.717, 1.165) is 21.4 Å². The minimum absolute atomic E-state index is 0.0740. The predicted octanol–water partition coefficient (Wildman–Crippen LogP) is 3.78. The Balaban J connectivity index is 2.07. The zero-order chi connectivity index (χ0) is 19.1. The lowest BCUT2D eigenvalue weighted by Crippen LogP contribution is -2.30. The standard InChI is InChI=1S/C20H14ClNO4S/c1-25-19(23)16-14(10-6-8-11(21)9-7-10)15-17(26-18(16)22)12-4-2-3-5-13(12)27-20(15)24/h2-9,14H,22H2,1H3/t14-/m1/s1. The molecule has 136 valence electrons. The molecule has 2 heterocycles. The maximum absolute atomic E-state index is 13.0. The van der Waals surface area contributed by atoms with E-state index in [4.69, 9.17) is 26.8 Å². The Bertz CT molecular complexity index is 1150. The third-order valence-electron chi connectivity index (χ3n) is 4.46. The third kappa shape index (κ3) is 2.87. The Kier molecular flexibility index (Phi) is 4.37. The van der Waals surface area contributed by atoms with Crippen molar-refractivity contribution in [2.75, 3.05) is 7.11 Å². The van der Waals surface area contributed by atoms with Gasteiger partial charge in [-0.05, 0) is 29.8 Å². The summed E-state index contributed by atoms with van der Waals surface area (Å²) in [6.07, 6.45) is 0. The second kappa shape index (κ2) is 6.72. The summed E-state index contributed by atoms with van der Waals surface area (Å²) in [5.41, 5.74) is 7.28. The number of carbonyl (C=O) groups is 1. The molecule has 2 aromatic carbocycles. The first-order valence-electron chi connectivity index (χ1n) is 8.08. The van der Waals surface area contributed by atoms with Crippen molar-refractivity contribution in [2.45, 2.75) is 5.92 Å². The van der Waals surface area contributed by atoms with Gasteiger partial charge in [-0.3, -0.25) is 4.79 Å². The predicted molar refractivity (Wildman–Crippen MR) is 105 cm³/mol. The number of carbonyl (C=O) groups excluding carboxylic acids is 1. The smallest absolute Gasteiger partial charge is 0.340 e. The maximum Gasteiger partial charge on any atom is 0.340 e. The molecular formula is C20H14ClNO4S. The molecule has 0 aliphatic carbocycles. The molecule has 4 rings (SSSR count). The molecule has 0 radical (unpaired) electrons. The van der Waals surface area contributed by atoms with Crippen LogP contribution < -0.4 is 15.2 Å². The molecule has 0 unspecified atom stereocenters. The van der Waals surface area contributed by atoms with E-state index >= 15 is 0 Å². The van der Waals surface area contributed by atoms with E-state index in [-0.39, 0.29) is 16.2 Å². The Labute approximate surface area is 163 Å². The van der Waals surface area contributed by atoms with Crippen LogP contribution in [0.4, 0.5) is 0 Å². The van der Waals surface area contributed by atoms with Gasteiger partial charge in [0.05, 0.1) is 18.6 Å². The molecule has 7 heteroatoms. The highest BCUT2D eigenvalue weighted by atomic mass is 35.5. The summed E-state index contributed by atoms with van der Waals surface area (Å²) in [5, 5.41) is 1.31. The number of rotatable bonds is 2. The lowest BCUT2D eigenvalue weighted by Gasteiger charge is -2.28. The van der Waals surface area contributed by atoms with E-state index < -0.39 is 11.9 Å². The van der Waals surface area contributed by atoms with Crippen molar-refractivity contribution in [3.05, 3.63) is 85.7 Å². The molecule has 2 N–H and O–H groups in total. The SMILES string of the molecule is COC(=O)C1=C(N)Oc2c(c(=O)sc3ccccc23)[C@H]1c1ccc(Cl)cc1. The van der Waals surface area contributed by atoms with Gasteiger partial charge in [-0.15, -0.1) is 0 Å². The molecule has 0 saturated heterocycles. The molecule has 0 amide bonds. The van der Waals surface area contributed by atoms with Gasteiger partial charge in [-0.1, -0.05) is 47.2 Å². The van der Waals surface area contributed by atoms with Gasteiger partial charge in [0.1, 0.15) is 11.3 Å². The number of hydrogen-bond acceptors (Lipinski definition) is 6. The fraction of sp³-hybridized carbons (Fsp3) is 0.100. The molecule has 1 aliphatic rings. The van der Waals surface area contributed by atoms with Crippen LogP contribution >= 0.6 is 22.9 Å². The molecule has 0 bridgehead atoms. The normalized spacial score (nSPS) is 16.0. The molecule has 5 nitrogen and oxygen atoms in total. The van der Waals surface area contributed by atoms with Gasteiger partial charge in [-0.25, -0.2) is 4.79 Å². The number of esters is 1. The van der Waals surface area contributed by atoms with Crippen molar-refractivity contribution in [3.8, 4) is 5.75 Å². The molecule has 1 atom stereocenters. The van der Waals surface area contributed by atoms with Crippen LogP contribution in [0.3, 0.4) is 0 Å². The molecule has 27 heavy (non-hydrogen) atoms. The third-order valence-corrected chi connectivity index (χ3v) is 5.70. The summed E-state index contributed by atoms with van der Waals surface area (Å²) < 4.78 is 11.3. The first-order valence-corrected chi connectivity index (χ1v) is 9.27. The van der Waals surface area contributed by atoms with Gasteiger partial charge in [0.2, 0.25) is 10.6 Å². The molecule has 0 spiro atoms. The van der Waals surface area contributed by atoms with E-state index in [0.29, 0.717) is 21.9 Å². The number of nitrogens with two attached hydrogens (primary N) is 1. The van der Waals surface area contributed by atoms with Crippen LogP contribution in [-0.4, -0.2) is 13.1 Å². The summed E-state index contributed by atoms with van der Waals surface area (Å²) >= 11 is 7.11. The van der Waals surface area contributed by atoms with Crippen molar-refractivity contribution in [1.29, 1.82) is 0 Å². The van der Waals surface area contributed by atoms with Crippen molar-refractivity contribution < 1.29 is 14.3 Å². The molecule has 1 aromatic heterocycles. The van der Waals surface area contributed by atoms with Crippen molar-refractivity contribution >= 4 is 39.0 Å². The highest BCUT2D eigenvalue weighted by Gasteiger charge is 2.38. The first kappa shape index (κ1) is 17.6. The minimum atomic E-state index is -0.702. The molecule has 0 fully saturated rings. The lowest BCUT2D eigenvalue weighted by atomic mass is 9.83. The van der Waals surface area contributed by atoms with Crippen LogP contribution in [-0.2, 0) is 9.53 Å². The Morgan fingerprint density at radius 3 is 2.59 bits per heavy atom. The van der Waals surface area contributed by atoms with Crippen LogP contribution in [0.5, 0.6) is 5.75 Å². The largest absolute Gasteiger partial charge is 0.465 e. The van der Waals surface area contributed by atoms with Crippen molar-refractivity contribution in [1.82, 2.24) is 0 Å². The van der Waals surface area contributed by atoms with Crippen molar-refractivity contribution in [2.24, 2.45) is 5.73 Å². The Morgan fingerprint density at radius 1 is 1.19 bits per heavy atom. The molecule has 1 aliphatic heterocycles. The highest BCUT2D eigenvalue weighted by molar-refractivity contribution is 7.16. The summed E-state index contributed by atoms with van der Waals surface area (Å²) in [6, 6.07) is 14.3. The number of methoxy groups -OCH3 is 1. The second-order valence-electron chi connectivity index (χ2n) is 5.98. The van der Waals surface area contributed by atoms with E-state index in [1.165, 1.54) is 7.11 Å². The van der Waals surface area contributed by atoms with Gasteiger partial charge in [0.15, 0.2) is 0 Å². The fourth-order valence-electron chi connectivity index (χ4n) is 3.26. The Morgan fingerprint density at radius 2 is 1.89 bits per heavy atom. The van der Waals surface area contributed by atoms with E-state index in [2.05, 4.69) is 0 Å². The topological polar surface area (TPSA) is 78.6 Å². The maximum atomic E-state index is 13.0. The molecule has 3 aromatic rings. The zero-order valence-electron chi connectivity index (χ0n) is 14.2. The Hall–Kier alpha value is -2.83. The van der Waals surface area contributed by atoms with Gasteiger partial charge in [0.25, 0.3) is 0 Å². The summed E-state index contributed by atoms with van der Waals surface area (Å²) in [6.45, 7) is 0. The van der Waals surface area contributed by atoms with E-state index in [1.54, 1.807) is 24.3 Å². The summed E-state index contributed by atoms with van der Waals surface area (Å²) in [4.78, 5) is 25.4. The lowest BCUT2D eigenvalue weighted by molar-refractivity contribution is -0.136. The van der Waals surface area contributed by atoms with Gasteiger partial charge in [0, 0.05) is 15.1 Å². The van der Waals surface area contributed by atoms with Crippen LogP contribution in [0.15, 0.2) is 64.8 Å². The highest BCUT2D eigenvalue weighted by Crippen LogP contribution is 2.44. The van der Waals surface area contributed by atoms with Crippen LogP contribution in [0.25, 0.3) is 10.1 Å². The van der Waals surface area contributed by atoms with E-state index in [1.807, 2.05) is 24.3 Å². The second-order valence-corrected chi connectivity index (χ2v) is 7.44. The van der Waals surface area contributed by atoms with Gasteiger partial charge in [-0.2, -0.15) is 0 Å². The monoisotopic (exact) mass is 399 g/mol. The number of halogens is 1. The molecule has 0 saturated carbocycles. The van der Waals surface area contributed by atoms with Crippen LogP contribution in [0.1, 0.15) is 17.0 Å². The average molecular weight is 400 g/mol. The first-order chi connectivity index (χ1) is 13.0. The number of benzene rings is 2. The number of fused-ring (bicyclic) bond motifs is 3. The average Bonchev–Trinajstić information content (AvgIpc) is 2.67. The minimum Gasteiger partial charge on any atom is -0.465 e. The zero-order valence-corrected chi connectivity index (χ0v) is 15.8. The summed E-state index contributed by atoms with van der Waals surface area (Å²) in [7, 11) is 1.26. The number of ether oxygens (including phenoxy) is 2. The molecular weight excluding hydrogens is 386 g/mol. The van der Waals surface area contributed by atoms with Crippen LogP contribution in [0.2, 0.25) is 5.02 Å². The van der Waals surface area contributed by atoms with Gasteiger partial charge < -0.3 is 15.2 Å². The summed E-state index contributed by atoms with van der Waals surface area (Å²) in [5.74, 6) is -1.04. The number of hydrogen-bond donors (Lipinski definition) is 1. The van der Waals surface area contributed by atoms with Gasteiger partial charge >= 0.3 is 5.97 Å². The fourth-order valence-corrected chi connectivity index (χ4v) is 4.33. The van der Waals surface area contributed by atoms with E-state index in [9.17, 15) is 9.59 Å².